The number of hydrogen-bond donors (Lipinski definition) is 4. The van der Waals surface area contributed by atoms with Crippen molar-refractivity contribution in [3.63, 3.8) is 0 Å². The highest BCUT2D eigenvalue weighted by Gasteiger charge is 2.64. The van der Waals surface area contributed by atoms with Crippen LogP contribution in [-0.2, 0) is 34.1 Å². The lowest BCUT2D eigenvalue weighted by Gasteiger charge is -2.44. The Morgan fingerprint density at radius 3 is 1.26 bits per heavy atom. The van der Waals surface area contributed by atoms with Crippen LogP contribution in [0.4, 0.5) is 15.3 Å². The quantitative estimate of drug-likeness (QED) is 0.133. The van der Waals surface area contributed by atoms with Gasteiger partial charge in [0.05, 0.1) is 38.4 Å². The molecule has 5 fully saturated rings. The summed E-state index contributed by atoms with van der Waals surface area (Å²) in [6.07, 6.45) is 3.69. The molecule has 8 rings (SSSR count). The highest BCUT2D eigenvalue weighted by molar-refractivity contribution is 5.96. The van der Waals surface area contributed by atoms with Crippen molar-refractivity contribution in [2.75, 3.05) is 19.1 Å². The Hall–Kier alpha value is -6.12. The first-order chi connectivity index (χ1) is 32.7. The molecule has 3 aliphatic heterocycles. The Morgan fingerprint density at radius 2 is 0.942 bits per heavy atom. The topological polar surface area (TPSA) is 207 Å². The molecule has 3 saturated heterocycles. The zero-order valence-corrected chi connectivity index (χ0v) is 41.6. The van der Waals surface area contributed by atoms with Crippen molar-refractivity contribution in [3.05, 3.63) is 101 Å². The van der Waals surface area contributed by atoms with Crippen LogP contribution in [0.25, 0.3) is 0 Å². The van der Waals surface area contributed by atoms with Gasteiger partial charge in [0.1, 0.15) is 23.2 Å². The van der Waals surface area contributed by atoms with E-state index in [0.717, 1.165) is 53.6 Å². The van der Waals surface area contributed by atoms with Crippen molar-refractivity contribution in [1.29, 1.82) is 0 Å². The SMILES string of the molecule is COC(=O)N[C@H](C(=O)N1[C@H](c2ccc([C@@H]3CC[C@@H](c4ccc([C@@H]5C6CCC(C(N)=O)(C6)N5C(=O)[C@@H](NC(=O)OC)C(C)C)cc4)N3c3ccc(C(C)(C)C)cc3)cc2)C2CCC1(C(N)=O)C2)C(C)C. The number of rotatable bonds is 13. The van der Waals surface area contributed by atoms with Crippen LogP contribution in [0.1, 0.15) is 152 Å². The molecule has 2 aliphatic carbocycles. The highest BCUT2D eigenvalue weighted by atomic mass is 16.5. The fourth-order valence-electron chi connectivity index (χ4n) is 12.8. The average Bonchev–Trinajstić information content (AvgIpc) is 4.18. The summed E-state index contributed by atoms with van der Waals surface area (Å²) in [6.45, 7) is 14.0. The Balaban J connectivity index is 1.12. The van der Waals surface area contributed by atoms with E-state index < -0.39 is 59.2 Å². The zero-order chi connectivity index (χ0) is 49.9. The minimum atomic E-state index is -1.15. The number of piperidine rings is 2. The summed E-state index contributed by atoms with van der Waals surface area (Å²) in [5.74, 6) is -2.25. The molecule has 0 aromatic heterocycles. The van der Waals surface area contributed by atoms with Gasteiger partial charge < -0.3 is 46.3 Å². The monoisotopic (exact) mass is 946 g/mol. The number of nitrogens with zero attached hydrogens (tertiary/aromatic N) is 3. The van der Waals surface area contributed by atoms with E-state index in [1.807, 2.05) is 27.7 Å². The van der Waals surface area contributed by atoms with E-state index in [4.69, 9.17) is 20.9 Å². The van der Waals surface area contributed by atoms with E-state index in [1.54, 1.807) is 9.80 Å². The Morgan fingerprint density at radius 1 is 0.580 bits per heavy atom. The Bertz CT molecular complexity index is 2310. The van der Waals surface area contributed by atoms with Gasteiger partial charge in [-0.1, -0.05) is 109 Å². The summed E-state index contributed by atoms with van der Waals surface area (Å²) >= 11 is 0. The molecular weight excluding hydrogens is 875 g/mol. The molecule has 15 heteroatoms. The number of likely N-dealkylation sites (tertiary alicyclic amines) is 2. The number of ether oxygens (including phenoxy) is 2. The number of methoxy groups -OCH3 is 2. The molecule has 10 atom stereocenters. The maximum atomic E-state index is 14.6. The molecule has 5 aliphatic rings. The smallest absolute Gasteiger partial charge is 0.407 e. The third-order valence-electron chi connectivity index (χ3n) is 16.3. The van der Waals surface area contributed by atoms with Gasteiger partial charge in [0.25, 0.3) is 0 Å². The zero-order valence-electron chi connectivity index (χ0n) is 41.6. The number of carbonyl (C=O) groups is 6. The van der Waals surface area contributed by atoms with Crippen molar-refractivity contribution in [3.8, 4) is 0 Å². The van der Waals surface area contributed by atoms with Crippen LogP contribution in [0.15, 0.2) is 72.8 Å². The number of nitrogens with two attached hydrogens (primary N) is 2. The Kier molecular flexibility index (Phi) is 13.3. The first-order valence-corrected chi connectivity index (χ1v) is 24.7. The van der Waals surface area contributed by atoms with E-state index in [1.165, 1.54) is 19.8 Å². The van der Waals surface area contributed by atoms with Gasteiger partial charge in [-0.3, -0.25) is 19.2 Å². The second kappa shape index (κ2) is 18.7. The molecule has 6 amide bonds. The molecule has 0 radical (unpaired) electrons. The largest absolute Gasteiger partial charge is 0.453 e. The Labute approximate surface area is 406 Å². The second-order valence-electron chi connectivity index (χ2n) is 22.0. The number of primary amides is 2. The van der Waals surface area contributed by atoms with Crippen LogP contribution >= 0.6 is 0 Å². The van der Waals surface area contributed by atoms with Gasteiger partial charge in [-0.15, -0.1) is 0 Å². The lowest BCUT2D eigenvalue weighted by atomic mass is 9.87. The summed E-state index contributed by atoms with van der Waals surface area (Å²) < 4.78 is 9.75. The van der Waals surface area contributed by atoms with Crippen LogP contribution in [-0.4, -0.2) is 83.0 Å². The molecular formula is C54H71N7O8. The molecule has 3 aromatic rings. The minimum absolute atomic E-state index is 0.00195. The lowest BCUT2D eigenvalue weighted by Crippen LogP contribution is -2.62. The summed E-state index contributed by atoms with van der Waals surface area (Å²) in [6, 6.07) is 23.1. The predicted molar refractivity (Wildman–Crippen MR) is 261 cm³/mol. The van der Waals surface area contributed by atoms with Gasteiger partial charge in [-0.05, 0) is 120 Å². The predicted octanol–water partition coefficient (Wildman–Crippen LogP) is 7.64. The van der Waals surface area contributed by atoms with Gasteiger partial charge in [0.15, 0.2) is 0 Å². The molecule has 3 aromatic carbocycles. The van der Waals surface area contributed by atoms with Gasteiger partial charge in [0.2, 0.25) is 23.6 Å². The summed E-state index contributed by atoms with van der Waals surface area (Å²) in [7, 11) is 2.51. The van der Waals surface area contributed by atoms with E-state index in [2.05, 4.69) is 109 Å². The van der Waals surface area contributed by atoms with Crippen LogP contribution < -0.4 is 27.0 Å². The maximum absolute atomic E-state index is 14.6. The molecule has 0 spiro atoms. The molecule has 4 bridgehead atoms. The molecule has 69 heavy (non-hydrogen) atoms. The standard InChI is InChI=1S/C54H71N7O8/c1-30(2)42(57-50(66)68-8)46(62)60-44(36-24-26-53(60,28-36)48(55)64)34-14-10-32(11-15-34)40-22-23-41(59(40)39-20-18-38(19-21-39)52(5,6)7)33-12-16-35(17-13-33)45-37-25-27-54(29-37,49(56)65)61(45)47(63)43(31(3)4)58-51(67)69-9/h10-21,30-31,36-37,40-45H,22-29H2,1-9H3,(H2,55,64)(H2,56,65)(H,57,66)(H,58,67)/t36?,37?,40-,41-,42-,43-,44+,45+,53?,54?/m0/s1. The van der Waals surface area contributed by atoms with Gasteiger partial charge >= 0.3 is 12.2 Å². The van der Waals surface area contributed by atoms with E-state index in [-0.39, 0.29) is 53.0 Å². The van der Waals surface area contributed by atoms with E-state index >= 15 is 0 Å². The second-order valence-corrected chi connectivity index (χ2v) is 22.0. The maximum Gasteiger partial charge on any atom is 0.407 e. The molecule has 15 nitrogen and oxygen atoms in total. The minimum Gasteiger partial charge on any atom is -0.453 e. The normalized spacial score (nSPS) is 28.0. The number of benzene rings is 3. The summed E-state index contributed by atoms with van der Waals surface area (Å²) in [5, 5.41) is 5.44. The number of anilines is 1. The van der Waals surface area contributed by atoms with Crippen LogP contribution in [0.5, 0.6) is 0 Å². The highest BCUT2D eigenvalue weighted by Crippen LogP contribution is 2.59. The van der Waals surface area contributed by atoms with Crippen molar-refractivity contribution >= 4 is 41.5 Å². The third-order valence-corrected chi connectivity index (χ3v) is 16.3. The molecule has 6 N–H and O–H groups in total. The van der Waals surface area contributed by atoms with Crippen LogP contribution in [0, 0.1) is 23.7 Å². The fourth-order valence-corrected chi connectivity index (χ4v) is 12.8. The number of fused-ring (bicyclic) bond motifs is 4. The number of nitrogens with one attached hydrogen (secondary N) is 2. The van der Waals surface area contributed by atoms with Crippen molar-refractivity contribution in [2.24, 2.45) is 35.1 Å². The van der Waals surface area contributed by atoms with Crippen LogP contribution in [0.3, 0.4) is 0 Å². The number of carbonyl (C=O) groups excluding carboxylic acids is 6. The van der Waals surface area contributed by atoms with Crippen molar-refractivity contribution < 1.29 is 38.2 Å². The molecule has 2 saturated carbocycles. The third kappa shape index (κ3) is 8.57. The molecule has 370 valence electrons. The first kappa shape index (κ1) is 49.3. The van der Waals surface area contributed by atoms with Crippen molar-refractivity contribution in [2.45, 2.75) is 153 Å². The van der Waals surface area contributed by atoms with Gasteiger partial charge in [0, 0.05) is 5.69 Å². The van der Waals surface area contributed by atoms with E-state index in [9.17, 15) is 28.8 Å². The van der Waals surface area contributed by atoms with Gasteiger partial charge in [-0.2, -0.15) is 0 Å². The van der Waals surface area contributed by atoms with Gasteiger partial charge in [-0.25, -0.2) is 9.59 Å². The molecule has 3 heterocycles. The van der Waals surface area contributed by atoms with Crippen molar-refractivity contribution in [1.82, 2.24) is 20.4 Å². The van der Waals surface area contributed by atoms with E-state index in [0.29, 0.717) is 25.7 Å². The number of hydrogen-bond acceptors (Lipinski definition) is 9. The first-order valence-electron chi connectivity index (χ1n) is 24.7. The summed E-state index contributed by atoms with van der Waals surface area (Å²) in [5.41, 5.74) is 16.3. The fraction of sp³-hybridized carbons (Fsp3) is 0.556. The number of alkyl carbamates (subject to hydrolysis) is 2. The lowest BCUT2D eigenvalue weighted by molar-refractivity contribution is -0.150. The molecule has 4 unspecified atom stereocenters. The average molecular weight is 946 g/mol. The van der Waals surface area contributed by atoms with Crippen LogP contribution in [0.2, 0.25) is 0 Å². The summed E-state index contributed by atoms with van der Waals surface area (Å²) in [4.78, 5) is 86.4. The number of amides is 6.